The highest BCUT2D eigenvalue weighted by Gasteiger charge is 2.06. The summed E-state index contributed by atoms with van der Waals surface area (Å²) in [5.74, 6) is 2.42. The maximum Gasteiger partial charge on any atom is 0.189 e. The number of thioether (sulfide) groups is 1. The second-order valence-electron chi connectivity index (χ2n) is 5.44. The Morgan fingerprint density at radius 3 is 2.38 bits per heavy atom. The molecule has 0 saturated heterocycles. The van der Waals surface area contributed by atoms with Crippen LogP contribution in [0.1, 0.15) is 0 Å². The third kappa shape index (κ3) is 4.89. The molecule has 0 unspecified atom stereocenters. The number of hydrogen-bond donors (Lipinski definition) is 1. The van der Waals surface area contributed by atoms with Gasteiger partial charge in [-0.2, -0.15) is 0 Å². The van der Waals surface area contributed by atoms with Crippen molar-refractivity contribution in [1.82, 2.24) is 9.97 Å². The average molecular weight is 367 g/mol. The van der Waals surface area contributed by atoms with Crippen LogP contribution < -0.4 is 14.8 Å². The summed E-state index contributed by atoms with van der Waals surface area (Å²) in [6, 6.07) is 19.6. The Kier molecular flexibility index (Phi) is 6.33. The molecule has 0 saturated carbocycles. The number of aromatic nitrogens is 2. The van der Waals surface area contributed by atoms with Gasteiger partial charge < -0.3 is 14.8 Å². The molecule has 6 heteroatoms. The fraction of sp³-hybridized carbons (Fsp3) is 0.200. The van der Waals surface area contributed by atoms with Crippen LogP contribution in [0.25, 0.3) is 11.3 Å². The van der Waals surface area contributed by atoms with E-state index in [1.807, 2.05) is 66.9 Å². The van der Waals surface area contributed by atoms with Crippen LogP contribution in [-0.2, 0) is 0 Å². The van der Waals surface area contributed by atoms with Crippen molar-refractivity contribution in [3.8, 4) is 22.8 Å². The lowest BCUT2D eigenvalue weighted by molar-refractivity contribution is 0.331. The molecule has 1 N–H and O–H groups in total. The lowest BCUT2D eigenvalue weighted by Gasteiger charge is -2.10. The van der Waals surface area contributed by atoms with Gasteiger partial charge in [0.1, 0.15) is 23.9 Å². The molecule has 134 valence electrons. The molecule has 0 atom stereocenters. The van der Waals surface area contributed by atoms with Crippen molar-refractivity contribution in [2.45, 2.75) is 5.16 Å². The molecule has 5 nitrogen and oxygen atoms in total. The molecule has 0 bridgehead atoms. The maximum absolute atomic E-state index is 5.73. The zero-order valence-corrected chi connectivity index (χ0v) is 15.6. The highest BCUT2D eigenvalue weighted by atomic mass is 32.2. The number of hydrogen-bond acceptors (Lipinski definition) is 6. The van der Waals surface area contributed by atoms with Gasteiger partial charge in [-0.3, -0.25) is 0 Å². The summed E-state index contributed by atoms with van der Waals surface area (Å²) < 4.78 is 10.9. The Labute approximate surface area is 157 Å². The summed E-state index contributed by atoms with van der Waals surface area (Å²) in [7, 11) is 1.65. The Morgan fingerprint density at radius 1 is 0.962 bits per heavy atom. The molecule has 0 fully saturated rings. The molecule has 1 aromatic heterocycles. The Bertz CT molecular complexity index is 826. The third-order valence-electron chi connectivity index (χ3n) is 3.69. The van der Waals surface area contributed by atoms with E-state index in [2.05, 4.69) is 15.3 Å². The van der Waals surface area contributed by atoms with E-state index < -0.39 is 0 Å². The minimum atomic E-state index is 0.533. The van der Waals surface area contributed by atoms with Gasteiger partial charge in [-0.1, -0.05) is 42.1 Å². The van der Waals surface area contributed by atoms with E-state index in [0.717, 1.165) is 33.7 Å². The van der Waals surface area contributed by atoms with Crippen molar-refractivity contribution in [3.05, 3.63) is 60.7 Å². The first kappa shape index (κ1) is 18.1. The summed E-state index contributed by atoms with van der Waals surface area (Å²) in [6.45, 7) is 1.18. The quantitative estimate of drug-likeness (QED) is 0.363. The van der Waals surface area contributed by atoms with Crippen LogP contribution in [0.3, 0.4) is 0 Å². The minimum Gasteiger partial charge on any atom is -0.497 e. The smallest absolute Gasteiger partial charge is 0.189 e. The molecular formula is C20H21N3O2S. The standard InChI is InChI=1S/C20H21N3O2S/c1-24-16-8-10-17(11-9-16)25-13-12-21-19-14-18(22-20(23-19)26-2)15-6-4-3-5-7-15/h3-11,14H,12-13H2,1-2H3,(H,21,22,23). The monoisotopic (exact) mass is 367 g/mol. The number of nitrogens with zero attached hydrogens (tertiary/aromatic N) is 2. The number of anilines is 1. The molecule has 3 aromatic rings. The van der Waals surface area contributed by atoms with Crippen LogP contribution in [0, 0.1) is 0 Å². The van der Waals surface area contributed by atoms with E-state index in [1.165, 1.54) is 11.8 Å². The lowest BCUT2D eigenvalue weighted by Crippen LogP contribution is -2.13. The van der Waals surface area contributed by atoms with E-state index >= 15 is 0 Å². The summed E-state index contributed by atoms with van der Waals surface area (Å²) in [5, 5.41) is 4.05. The molecule has 0 aliphatic carbocycles. The van der Waals surface area contributed by atoms with E-state index in [1.54, 1.807) is 7.11 Å². The highest BCUT2D eigenvalue weighted by Crippen LogP contribution is 2.22. The molecule has 1 heterocycles. The third-order valence-corrected chi connectivity index (χ3v) is 4.24. The number of benzene rings is 2. The normalized spacial score (nSPS) is 10.4. The molecule has 0 aliphatic rings. The van der Waals surface area contributed by atoms with Gasteiger partial charge in [0.25, 0.3) is 0 Å². The summed E-state index contributed by atoms with van der Waals surface area (Å²) in [5.41, 5.74) is 1.98. The molecular weight excluding hydrogens is 346 g/mol. The number of methoxy groups -OCH3 is 1. The predicted molar refractivity (Wildman–Crippen MR) is 106 cm³/mol. The zero-order valence-electron chi connectivity index (χ0n) is 14.8. The van der Waals surface area contributed by atoms with Crippen LogP contribution in [0.15, 0.2) is 65.8 Å². The van der Waals surface area contributed by atoms with Crippen LogP contribution in [0.2, 0.25) is 0 Å². The van der Waals surface area contributed by atoms with Crippen molar-refractivity contribution in [3.63, 3.8) is 0 Å². The second kappa shape index (κ2) is 9.10. The zero-order chi connectivity index (χ0) is 18.2. The first-order chi connectivity index (χ1) is 12.8. The van der Waals surface area contributed by atoms with Gasteiger partial charge in [-0.25, -0.2) is 9.97 Å². The van der Waals surface area contributed by atoms with Crippen molar-refractivity contribution < 1.29 is 9.47 Å². The van der Waals surface area contributed by atoms with E-state index in [-0.39, 0.29) is 0 Å². The first-order valence-corrected chi connectivity index (χ1v) is 9.50. The van der Waals surface area contributed by atoms with Gasteiger partial charge in [0.15, 0.2) is 5.16 Å². The van der Waals surface area contributed by atoms with Crippen LogP contribution >= 0.6 is 11.8 Å². The minimum absolute atomic E-state index is 0.533. The van der Waals surface area contributed by atoms with Crippen molar-refractivity contribution in [2.24, 2.45) is 0 Å². The fourth-order valence-electron chi connectivity index (χ4n) is 2.38. The van der Waals surface area contributed by atoms with E-state index in [0.29, 0.717) is 13.2 Å². The molecule has 0 spiro atoms. The number of rotatable bonds is 8. The number of ether oxygens (including phenoxy) is 2. The lowest BCUT2D eigenvalue weighted by atomic mass is 10.1. The summed E-state index contributed by atoms with van der Waals surface area (Å²) in [6.07, 6.45) is 1.97. The van der Waals surface area contributed by atoms with Crippen molar-refractivity contribution >= 4 is 17.6 Å². The number of nitrogens with one attached hydrogen (secondary N) is 1. The molecule has 26 heavy (non-hydrogen) atoms. The SMILES string of the molecule is COc1ccc(OCCNc2cc(-c3ccccc3)nc(SC)n2)cc1. The topological polar surface area (TPSA) is 56.3 Å². The van der Waals surface area contributed by atoms with Gasteiger partial charge in [0.05, 0.1) is 19.3 Å². The Morgan fingerprint density at radius 2 is 1.69 bits per heavy atom. The van der Waals surface area contributed by atoms with Crippen LogP contribution in [-0.4, -0.2) is 36.5 Å². The van der Waals surface area contributed by atoms with Gasteiger partial charge in [0.2, 0.25) is 0 Å². The van der Waals surface area contributed by atoms with Crippen molar-refractivity contribution in [1.29, 1.82) is 0 Å². The Hall–Kier alpha value is -2.73. The molecule has 2 aromatic carbocycles. The molecule has 3 rings (SSSR count). The van der Waals surface area contributed by atoms with Gasteiger partial charge in [-0.15, -0.1) is 0 Å². The largest absolute Gasteiger partial charge is 0.497 e. The fourth-order valence-corrected chi connectivity index (χ4v) is 2.76. The second-order valence-corrected chi connectivity index (χ2v) is 6.22. The molecule has 0 amide bonds. The van der Waals surface area contributed by atoms with Crippen LogP contribution in [0.4, 0.5) is 5.82 Å². The Balaban J connectivity index is 1.60. The van der Waals surface area contributed by atoms with E-state index in [4.69, 9.17) is 9.47 Å². The van der Waals surface area contributed by atoms with Gasteiger partial charge in [-0.05, 0) is 30.5 Å². The highest BCUT2D eigenvalue weighted by molar-refractivity contribution is 7.98. The molecule has 0 aliphatic heterocycles. The predicted octanol–water partition coefficient (Wildman–Crippen LogP) is 4.37. The van der Waals surface area contributed by atoms with E-state index in [9.17, 15) is 0 Å². The first-order valence-electron chi connectivity index (χ1n) is 8.27. The van der Waals surface area contributed by atoms with Gasteiger partial charge >= 0.3 is 0 Å². The molecule has 0 radical (unpaired) electrons. The summed E-state index contributed by atoms with van der Waals surface area (Å²) in [4.78, 5) is 9.10. The van der Waals surface area contributed by atoms with Crippen molar-refractivity contribution in [2.75, 3.05) is 31.8 Å². The maximum atomic E-state index is 5.73. The van der Waals surface area contributed by atoms with Gasteiger partial charge in [0, 0.05) is 11.6 Å². The average Bonchev–Trinajstić information content (AvgIpc) is 2.72. The summed E-state index contributed by atoms with van der Waals surface area (Å²) >= 11 is 1.53. The van der Waals surface area contributed by atoms with Crippen LogP contribution in [0.5, 0.6) is 11.5 Å².